The summed E-state index contributed by atoms with van der Waals surface area (Å²) in [6.45, 7) is 0. The molecule has 0 aliphatic heterocycles. The fourth-order valence-electron chi connectivity index (χ4n) is 3.67. The Morgan fingerprint density at radius 1 is 1.08 bits per heavy atom. The lowest BCUT2D eigenvalue weighted by Crippen LogP contribution is -2.31. The molecule has 3 atom stereocenters. The van der Waals surface area contributed by atoms with Gasteiger partial charge in [0.1, 0.15) is 6.10 Å². The number of alkyl halides is 8. The van der Waals surface area contributed by atoms with Crippen molar-refractivity contribution >= 4 is 0 Å². The van der Waals surface area contributed by atoms with E-state index in [9.17, 15) is 40.2 Å². The number of aliphatic hydroxyl groups is 1. The molecule has 2 aliphatic carbocycles. The number of rotatable bonds is 1. The van der Waals surface area contributed by atoms with Crippen LogP contribution in [0.25, 0.3) is 0 Å². The van der Waals surface area contributed by atoms with Crippen LogP contribution >= 0.6 is 0 Å². The van der Waals surface area contributed by atoms with E-state index in [0.29, 0.717) is 4.68 Å². The van der Waals surface area contributed by atoms with Crippen LogP contribution in [0.2, 0.25) is 0 Å². The highest BCUT2D eigenvalue weighted by Gasteiger charge is 2.55. The van der Waals surface area contributed by atoms with Crippen molar-refractivity contribution in [1.29, 1.82) is 0 Å². The van der Waals surface area contributed by atoms with Crippen molar-refractivity contribution in [2.75, 3.05) is 0 Å². The highest BCUT2D eigenvalue weighted by molar-refractivity contribution is 5.38. The maximum atomic E-state index is 13.7. The Balaban J connectivity index is 2.03. The SMILES string of the molecule is O[C@H]1c2c(C(F)(F)F)nn([C@H]3CCC[C@H](C(F)(F)F)C3)c2CC1(F)F. The van der Waals surface area contributed by atoms with Crippen LogP contribution in [0.4, 0.5) is 35.1 Å². The smallest absolute Gasteiger partial charge is 0.382 e. The van der Waals surface area contributed by atoms with Crippen LogP contribution in [0, 0.1) is 5.92 Å². The molecule has 2 aliphatic rings. The molecular formula is C14H14F8N2O. The maximum Gasteiger partial charge on any atom is 0.435 e. The van der Waals surface area contributed by atoms with E-state index in [1.807, 2.05) is 0 Å². The molecule has 0 bridgehead atoms. The molecule has 0 radical (unpaired) electrons. The first-order valence-electron chi connectivity index (χ1n) is 7.63. The number of halogens is 8. The molecule has 1 heterocycles. The molecule has 0 unspecified atom stereocenters. The predicted molar refractivity (Wildman–Crippen MR) is 67.9 cm³/mol. The summed E-state index contributed by atoms with van der Waals surface area (Å²) < 4.78 is 106. The largest absolute Gasteiger partial charge is 0.435 e. The highest BCUT2D eigenvalue weighted by atomic mass is 19.4. The van der Waals surface area contributed by atoms with E-state index < -0.39 is 66.1 Å². The average molecular weight is 378 g/mol. The lowest BCUT2D eigenvalue weighted by Gasteiger charge is -2.31. The Bertz CT molecular complexity index is 663. The van der Waals surface area contributed by atoms with Gasteiger partial charge in [0.2, 0.25) is 0 Å². The third-order valence-electron chi connectivity index (χ3n) is 4.85. The van der Waals surface area contributed by atoms with Gasteiger partial charge in [-0.2, -0.15) is 31.4 Å². The molecule has 1 aromatic heterocycles. The Hall–Kier alpha value is -1.39. The van der Waals surface area contributed by atoms with E-state index in [2.05, 4.69) is 5.10 Å². The second-order valence-electron chi connectivity index (χ2n) is 6.55. The summed E-state index contributed by atoms with van der Waals surface area (Å²) in [4.78, 5) is 0. The molecule has 1 saturated carbocycles. The van der Waals surface area contributed by atoms with Crippen molar-refractivity contribution in [1.82, 2.24) is 9.78 Å². The summed E-state index contributed by atoms with van der Waals surface area (Å²) in [5.41, 5.74) is -3.20. The molecule has 1 N–H and O–H groups in total. The number of fused-ring (bicyclic) bond motifs is 1. The van der Waals surface area contributed by atoms with E-state index in [0.717, 1.165) is 0 Å². The van der Waals surface area contributed by atoms with Gasteiger partial charge in [0.15, 0.2) is 5.69 Å². The number of aromatic nitrogens is 2. The summed E-state index contributed by atoms with van der Waals surface area (Å²) in [6, 6.07) is -1.06. The van der Waals surface area contributed by atoms with Gasteiger partial charge >= 0.3 is 12.4 Å². The van der Waals surface area contributed by atoms with Gasteiger partial charge in [0, 0.05) is 5.56 Å². The summed E-state index contributed by atoms with van der Waals surface area (Å²) in [5, 5.41) is 12.9. The zero-order chi connectivity index (χ0) is 18.8. The Morgan fingerprint density at radius 3 is 2.28 bits per heavy atom. The fraction of sp³-hybridized carbons (Fsp3) is 0.786. The van der Waals surface area contributed by atoms with Gasteiger partial charge in [-0.1, -0.05) is 6.42 Å². The van der Waals surface area contributed by atoms with Crippen LogP contribution < -0.4 is 0 Å². The molecule has 0 spiro atoms. The van der Waals surface area contributed by atoms with Gasteiger partial charge in [-0.25, -0.2) is 8.78 Å². The van der Waals surface area contributed by atoms with E-state index in [4.69, 9.17) is 0 Å². The zero-order valence-electron chi connectivity index (χ0n) is 12.6. The van der Waals surface area contributed by atoms with Gasteiger partial charge in [-0.05, 0) is 19.3 Å². The lowest BCUT2D eigenvalue weighted by atomic mass is 9.85. The third-order valence-corrected chi connectivity index (χ3v) is 4.85. The van der Waals surface area contributed by atoms with Gasteiger partial charge in [0.05, 0.1) is 24.1 Å². The molecule has 1 aromatic rings. The van der Waals surface area contributed by atoms with Gasteiger partial charge < -0.3 is 5.11 Å². The predicted octanol–water partition coefficient (Wildman–Crippen LogP) is 4.42. The fourth-order valence-corrected chi connectivity index (χ4v) is 3.67. The van der Waals surface area contributed by atoms with Crippen molar-refractivity contribution in [3.63, 3.8) is 0 Å². The van der Waals surface area contributed by atoms with E-state index in [1.165, 1.54) is 0 Å². The normalized spacial score (nSPS) is 29.7. The zero-order valence-corrected chi connectivity index (χ0v) is 12.6. The summed E-state index contributed by atoms with van der Waals surface area (Å²) >= 11 is 0. The van der Waals surface area contributed by atoms with Crippen molar-refractivity contribution in [3.05, 3.63) is 17.0 Å². The molecular weight excluding hydrogens is 364 g/mol. The Kier molecular flexibility index (Phi) is 4.09. The van der Waals surface area contributed by atoms with Crippen LogP contribution in [0.5, 0.6) is 0 Å². The number of aliphatic hydroxyl groups excluding tert-OH is 1. The molecule has 0 aromatic carbocycles. The van der Waals surface area contributed by atoms with E-state index in [1.54, 1.807) is 0 Å². The van der Waals surface area contributed by atoms with Crippen LogP contribution in [-0.4, -0.2) is 27.0 Å². The topological polar surface area (TPSA) is 38.1 Å². The number of hydrogen-bond donors (Lipinski definition) is 1. The second-order valence-corrected chi connectivity index (χ2v) is 6.55. The van der Waals surface area contributed by atoms with Crippen molar-refractivity contribution in [2.24, 2.45) is 5.92 Å². The monoisotopic (exact) mass is 378 g/mol. The van der Waals surface area contributed by atoms with Crippen molar-refractivity contribution < 1.29 is 40.2 Å². The second kappa shape index (κ2) is 5.55. The van der Waals surface area contributed by atoms with E-state index >= 15 is 0 Å². The van der Waals surface area contributed by atoms with E-state index in [-0.39, 0.29) is 19.3 Å². The first kappa shape index (κ1) is 18.4. The third kappa shape index (κ3) is 3.11. The average Bonchev–Trinajstić information content (AvgIpc) is 2.93. The first-order chi connectivity index (χ1) is 11.3. The molecule has 0 amide bonds. The standard InChI is InChI=1S/C14H14F8N2O/c15-12(16)5-8-9(11(12)25)10(14(20,21)22)23-24(8)7-3-1-2-6(4-7)13(17,18)19/h6-7,11,25H,1-5H2/t6-,7-,11-/m0/s1. The highest BCUT2D eigenvalue weighted by Crippen LogP contribution is 2.50. The minimum atomic E-state index is -5.09. The van der Waals surface area contributed by atoms with Gasteiger partial charge in [-0.3, -0.25) is 4.68 Å². The summed E-state index contributed by atoms with van der Waals surface area (Å²) in [5.74, 6) is -5.53. The van der Waals surface area contributed by atoms with Crippen LogP contribution in [0.1, 0.15) is 54.8 Å². The van der Waals surface area contributed by atoms with Crippen LogP contribution in [0.3, 0.4) is 0 Å². The molecule has 142 valence electrons. The molecule has 3 nitrogen and oxygen atoms in total. The number of hydrogen-bond acceptors (Lipinski definition) is 2. The molecule has 11 heteroatoms. The Morgan fingerprint density at radius 2 is 1.72 bits per heavy atom. The van der Waals surface area contributed by atoms with Crippen LogP contribution in [-0.2, 0) is 12.6 Å². The molecule has 3 rings (SSSR count). The van der Waals surface area contributed by atoms with Gasteiger partial charge in [-0.15, -0.1) is 0 Å². The van der Waals surface area contributed by atoms with Crippen molar-refractivity contribution in [3.8, 4) is 0 Å². The minimum Gasteiger partial charge on any atom is -0.382 e. The summed E-state index contributed by atoms with van der Waals surface area (Å²) in [6.07, 6.45) is -13.9. The molecule has 1 fully saturated rings. The first-order valence-corrected chi connectivity index (χ1v) is 7.63. The van der Waals surface area contributed by atoms with Gasteiger partial charge in [0.25, 0.3) is 5.92 Å². The Labute approximate surface area is 136 Å². The molecule has 25 heavy (non-hydrogen) atoms. The van der Waals surface area contributed by atoms with Crippen LogP contribution in [0.15, 0.2) is 0 Å². The quantitative estimate of drug-likeness (QED) is 0.735. The summed E-state index contributed by atoms with van der Waals surface area (Å²) in [7, 11) is 0. The molecule has 0 saturated heterocycles. The minimum absolute atomic E-state index is 0.101. The number of nitrogens with zero attached hydrogens (tertiary/aromatic N) is 2. The maximum absolute atomic E-state index is 13.7. The lowest BCUT2D eigenvalue weighted by molar-refractivity contribution is -0.185. The van der Waals surface area contributed by atoms with Crippen molar-refractivity contribution in [2.45, 2.75) is 62.5 Å².